The number of hydrogen-bond acceptors (Lipinski definition) is 12. The first kappa shape index (κ1) is 34.4. The Morgan fingerprint density at radius 2 is 1.67 bits per heavy atom. The van der Waals surface area contributed by atoms with Gasteiger partial charge in [-0.1, -0.05) is 12.1 Å². The predicted octanol–water partition coefficient (Wildman–Crippen LogP) is 2.80. The molecule has 1 aromatic heterocycles. The lowest BCUT2D eigenvalue weighted by Crippen LogP contribution is -2.59. The lowest BCUT2D eigenvalue weighted by atomic mass is 9.91. The number of anilines is 3. The van der Waals surface area contributed by atoms with Crippen molar-refractivity contribution in [1.29, 1.82) is 0 Å². The zero-order valence-corrected chi connectivity index (χ0v) is 31.0. The van der Waals surface area contributed by atoms with Crippen molar-refractivity contribution in [3.63, 3.8) is 0 Å². The highest BCUT2D eigenvalue weighted by Crippen LogP contribution is 2.58. The summed E-state index contributed by atoms with van der Waals surface area (Å²) in [6.07, 6.45) is 5.02. The summed E-state index contributed by atoms with van der Waals surface area (Å²) in [4.78, 5) is 61.8. The van der Waals surface area contributed by atoms with Gasteiger partial charge in [0.25, 0.3) is 11.8 Å². The summed E-state index contributed by atoms with van der Waals surface area (Å²) < 4.78 is 0. The fraction of sp³-hybridized carbons (Fsp3) is 0.512. The van der Waals surface area contributed by atoms with Gasteiger partial charge < -0.3 is 25.1 Å². The number of imide groups is 2. The summed E-state index contributed by atoms with van der Waals surface area (Å²) in [5.74, 6) is 0.552. The van der Waals surface area contributed by atoms with Gasteiger partial charge in [-0.15, -0.1) is 10.2 Å². The summed E-state index contributed by atoms with van der Waals surface area (Å²) in [6.45, 7) is 10.3. The van der Waals surface area contributed by atoms with Gasteiger partial charge in [-0.25, -0.2) is 0 Å². The molecule has 1 saturated carbocycles. The highest BCUT2D eigenvalue weighted by molar-refractivity contribution is 6.23. The molecule has 286 valence electrons. The van der Waals surface area contributed by atoms with E-state index in [1.807, 2.05) is 30.3 Å². The molecule has 55 heavy (non-hydrogen) atoms. The first-order valence-electron chi connectivity index (χ1n) is 19.9. The fourth-order valence-electron chi connectivity index (χ4n) is 10.4. The first-order chi connectivity index (χ1) is 26.7. The maximum absolute atomic E-state index is 13.4. The molecule has 3 unspecified atom stereocenters. The number of phenolic OH excluding ortho intramolecular Hbond substituents is 1. The van der Waals surface area contributed by atoms with E-state index in [1.54, 1.807) is 12.1 Å². The Morgan fingerprint density at radius 1 is 0.836 bits per heavy atom. The number of nitrogens with one attached hydrogen (secondary N) is 2. The Balaban J connectivity index is 0.702. The highest BCUT2D eigenvalue weighted by atomic mass is 16.3. The number of piperazine rings is 1. The van der Waals surface area contributed by atoms with Crippen molar-refractivity contribution in [2.24, 2.45) is 17.3 Å². The molecule has 1 aliphatic carbocycles. The molecule has 5 fully saturated rings. The maximum Gasteiger partial charge on any atom is 0.262 e. The second kappa shape index (κ2) is 13.3. The molecule has 4 amide bonds. The second-order valence-electron chi connectivity index (χ2n) is 16.8. The van der Waals surface area contributed by atoms with Crippen molar-refractivity contribution in [2.45, 2.75) is 50.6 Å². The fourth-order valence-corrected chi connectivity index (χ4v) is 10.4. The number of rotatable bonds is 7. The Kier molecular flexibility index (Phi) is 8.32. The van der Waals surface area contributed by atoms with E-state index in [-0.39, 0.29) is 24.5 Å². The molecule has 4 saturated heterocycles. The SMILES string of the molecule is O=C1CCC(N2C(=O)c3ccc(N4CCC(CN5CCC6(CN7CCN8c9cc(-c%10ccccc%10O)nnc9NC[C@H]8C7)CC6C5)CC4)cc3C2=O)C(=O)N1. The van der Waals surface area contributed by atoms with Gasteiger partial charge in [0, 0.05) is 76.6 Å². The van der Waals surface area contributed by atoms with Gasteiger partial charge in [0.15, 0.2) is 5.82 Å². The van der Waals surface area contributed by atoms with Crippen LogP contribution in [-0.4, -0.2) is 131 Å². The van der Waals surface area contributed by atoms with Crippen LogP contribution >= 0.6 is 0 Å². The van der Waals surface area contributed by atoms with Gasteiger partial charge in [-0.05, 0) is 92.3 Å². The zero-order valence-electron chi connectivity index (χ0n) is 31.0. The van der Waals surface area contributed by atoms with E-state index in [4.69, 9.17) is 0 Å². The van der Waals surface area contributed by atoms with Gasteiger partial charge in [-0.2, -0.15) is 0 Å². The van der Waals surface area contributed by atoms with Gasteiger partial charge in [0.05, 0.1) is 28.6 Å². The molecule has 14 nitrogen and oxygen atoms in total. The molecule has 3 aromatic rings. The number of benzene rings is 2. The van der Waals surface area contributed by atoms with E-state index in [2.05, 4.69) is 46.5 Å². The monoisotopic (exact) mass is 745 g/mol. The van der Waals surface area contributed by atoms with Gasteiger partial charge >= 0.3 is 0 Å². The van der Waals surface area contributed by atoms with E-state index in [9.17, 15) is 24.3 Å². The quantitative estimate of drug-likeness (QED) is 0.305. The second-order valence-corrected chi connectivity index (χ2v) is 16.8. The van der Waals surface area contributed by atoms with Crippen molar-refractivity contribution in [3.05, 3.63) is 59.7 Å². The van der Waals surface area contributed by atoms with Crippen LogP contribution in [-0.2, 0) is 9.59 Å². The summed E-state index contributed by atoms with van der Waals surface area (Å²) in [6, 6.07) is 14.2. The largest absolute Gasteiger partial charge is 0.507 e. The van der Waals surface area contributed by atoms with Crippen LogP contribution < -0.4 is 20.4 Å². The predicted molar refractivity (Wildman–Crippen MR) is 205 cm³/mol. The number of nitrogens with zero attached hydrogens (tertiary/aromatic N) is 7. The molecular formula is C41H47N9O5. The van der Waals surface area contributed by atoms with Crippen molar-refractivity contribution in [1.82, 2.24) is 30.2 Å². The molecule has 6 aliphatic heterocycles. The average Bonchev–Trinajstić information content (AvgIpc) is 3.85. The molecule has 0 bridgehead atoms. The standard InChI is InChI=1S/C41H47N9O5/c51-35-4-2-1-3-30(35)32-18-34-37(45-44-32)42-20-28-23-47(15-16-49(28)34)24-41-11-14-46(22-26(41)19-41)21-25-9-12-48(13-10-25)27-5-6-29-31(17-27)40(55)50(39(29)54)33-7-8-36(52)43-38(33)53/h1-6,17-18,25-26,28,33,51H,7-16,19-24H2,(H,42,45)(H,43,52,53)/t26?,28-,33?,41?/m0/s1. The van der Waals surface area contributed by atoms with Crippen LogP contribution in [0.25, 0.3) is 11.3 Å². The first-order valence-corrected chi connectivity index (χ1v) is 19.9. The van der Waals surface area contributed by atoms with Crippen molar-refractivity contribution >= 4 is 40.8 Å². The summed E-state index contributed by atoms with van der Waals surface area (Å²) in [7, 11) is 0. The number of hydrogen-bond donors (Lipinski definition) is 3. The molecule has 10 rings (SSSR count). The maximum atomic E-state index is 13.4. The summed E-state index contributed by atoms with van der Waals surface area (Å²) in [5.41, 5.74) is 4.51. The Bertz CT molecular complexity index is 2090. The number of piperidine rings is 3. The average molecular weight is 746 g/mol. The minimum atomic E-state index is -0.952. The number of para-hydroxylation sites is 1. The molecule has 7 heterocycles. The van der Waals surface area contributed by atoms with Crippen molar-refractivity contribution in [3.8, 4) is 17.0 Å². The molecule has 4 atom stereocenters. The van der Waals surface area contributed by atoms with Gasteiger partial charge in [0.1, 0.15) is 11.8 Å². The minimum Gasteiger partial charge on any atom is -0.507 e. The lowest BCUT2D eigenvalue weighted by molar-refractivity contribution is -0.136. The van der Waals surface area contributed by atoms with E-state index in [1.165, 1.54) is 25.9 Å². The molecule has 0 radical (unpaired) electrons. The zero-order chi connectivity index (χ0) is 37.4. The Morgan fingerprint density at radius 3 is 2.49 bits per heavy atom. The molecule has 14 heteroatoms. The normalized spacial score (nSPS) is 28.3. The molecule has 2 aromatic carbocycles. The number of likely N-dealkylation sites (tertiary alicyclic amines) is 1. The number of carbonyl (C=O) groups excluding carboxylic acids is 4. The van der Waals surface area contributed by atoms with Crippen LogP contribution in [0.4, 0.5) is 17.2 Å². The number of aromatic hydroxyl groups is 1. The van der Waals surface area contributed by atoms with E-state index in [0.717, 1.165) is 93.2 Å². The third-order valence-corrected chi connectivity index (χ3v) is 13.6. The topological polar surface area (TPSA) is 155 Å². The van der Waals surface area contributed by atoms with E-state index >= 15 is 0 Å². The number of amides is 4. The number of aromatic nitrogens is 2. The van der Waals surface area contributed by atoms with Crippen LogP contribution in [0.15, 0.2) is 48.5 Å². The highest BCUT2D eigenvalue weighted by Gasteiger charge is 2.57. The van der Waals surface area contributed by atoms with Gasteiger partial charge in [-0.3, -0.25) is 34.3 Å². The minimum absolute atomic E-state index is 0.109. The Labute approximate surface area is 319 Å². The molecule has 0 spiro atoms. The number of carbonyl (C=O) groups is 4. The summed E-state index contributed by atoms with van der Waals surface area (Å²) in [5, 5.41) is 25.1. The Hall–Kier alpha value is -5.08. The lowest BCUT2D eigenvalue weighted by Gasteiger charge is -2.47. The van der Waals surface area contributed by atoms with Crippen molar-refractivity contribution in [2.75, 3.05) is 80.6 Å². The van der Waals surface area contributed by atoms with Crippen molar-refractivity contribution < 1.29 is 24.3 Å². The van der Waals surface area contributed by atoms with Crippen LogP contribution in [0.3, 0.4) is 0 Å². The van der Waals surface area contributed by atoms with E-state index in [0.29, 0.717) is 39.8 Å². The number of fused-ring (bicyclic) bond motifs is 5. The van der Waals surface area contributed by atoms with Crippen LogP contribution in [0, 0.1) is 17.3 Å². The molecule has 7 aliphatic rings. The number of phenols is 1. The van der Waals surface area contributed by atoms with Crippen LogP contribution in [0.5, 0.6) is 5.75 Å². The smallest absolute Gasteiger partial charge is 0.262 e. The third kappa shape index (κ3) is 6.10. The van der Waals surface area contributed by atoms with E-state index < -0.39 is 23.8 Å². The molecular weight excluding hydrogens is 699 g/mol. The molecule has 3 N–H and O–H groups in total. The third-order valence-electron chi connectivity index (χ3n) is 13.6. The van der Waals surface area contributed by atoms with Crippen LogP contribution in [0.1, 0.15) is 59.2 Å². The van der Waals surface area contributed by atoms with Crippen LogP contribution in [0.2, 0.25) is 0 Å². The summed E-state index contributed by atoms with van der Waals surface area (Å²) >= 11 is 0. The van der Waals surface area contributed by atoms with Gasteiger partial charge in [0.2, 0.25) is 11.8 Å².